The SMILES string of the molecule is Cn1nnc2ccc(Cn3cnc(-c4ccc(Cl)cc4)n3)cc21. The smallest absolute Gasteiger partial charge is 0.181 e. The maximum atomic E-state index is 5.90. The van der Waals surface area contributed by atoms with Crippen molar-refractivity contribution in [3.05, 3.63) is 59.4 Å². The van der Waals surface area contributed by atoms with Gasteiger partial charge in [-0.25, -0.2) is 14.3 Å². The summed E-state index contributed by atoms with van der Waals surface area (Å²) in [4.78, 5) is 4.36. The van der Waals surface area contributed by atoms with Crippen LogP contribution in [-0.4, -0.2) is 29.8 Å². The van der Waals surface area contributed by atoms with Crippen LogP contribution in [0.1, 0.15) is 5.56 Å². The van der Waals surface area contributed by atoms with Crippen LogP contribution in [0.4, 0.5) is 0 Å². The van der Waals surface area contributed by atoms with E-state index < -0.39 is 0 Å². The van der Waals surface area contributed by atoms with E-state index in [1.807, 2.05) is 48.1 Å². The van der Waals surface area contributed by atoms with Gasteiger partial charge < -0.3 is 0 Å². The zero-order valence-corrected chi connectivity index (χ0v) is 13.1. The number of fused-ring (bicyclic) bond motifs is 1. The fraction of sp³-hybridized carbons (Fsp3) is 0.125. The van der Waals surface area contributed by atoms with Gasteiger partial charge in [0, 0.05) is 17.6 Å². The van der Waals surface area contributed by atoms with Crippen molar-refractivity contribution < 1.29 is 0 Å². The summed E-state index contributed by atoms with van der Waals surface area (Å²) in [5, 5.41) is 13.3. The third kappa shape index (κ3) is 2.68. The largest absolute Gasteiger partial charge is 0.248 e. The van der Waals surface area contributed by atoms with Crippen LogP contribution in [0.15, 0.2) is 48.8 Å². The van der Waals surface area contributed by atoms with Gasteiger partial charge in [-0.3, -0.25) is 0 Å². The Morgan fingerprint density at radius 2 is 1.91 bits per heavy atom. The molecule has 4 rings (SSSR count). The van der Waals surface area contributed by atoms with Gasteiger partial charge in [0.25, 0.3) is 0 Å². The number of aryl methyl sites for hydroxylation is 1. The van der Waals surface area contributed by atoms with Crippen LogP contribution in [0.2, 0.25) is 5.02 Å². The maximum absolute atomic E-state index is 5.90. The predicted octanol–water partition coefficient (Wildman–Crippen LogP) is 2.93. The number of aromatic nitrogens is 6. The Kier molecular flexibility index (Phi) is 3.31. The van der Waals surface area contributed by atoms with Gasteiger partial charge in [-0.1, -0.05) is 22.9 Å². The summed E-state index contributed by atoms with van der Waals surface area (Å²) < 4.78 is 3.58. The third-order valence-electron chi connectivity index (χ3n) is 3.66. The first-order valence-corrected chi connectivity index (χ1v) is 7.50. The first kappa shape index (κ1) is 13.9. The molecule has 0 aliphatic heterocycles. The predicted molar refractivity (Wildman–Crippen MR) is 88.1 cm³/mol. The molecule has 7 heteroatoms. The van der Waals surface area contributed by atoms with Crippen molar-refractivity contribution >= 4 is 22.6 Å². The number of rotatable bonds is 3. The highest BCUT2D eigenvalue weighted by atomic mass is 35.5. The van der Waals surface area contributed by atoms with Crippen LogP contribution in [0.25, 0.3) is 22.4 Å². The zero-order valence-electron chi connectivity index (χ0n) is 12.4. The van der Waals surface area contributed by atoms with Crippen molar-refractivity contribution in [3.63, 3.8) is 0 Å². The lowest BCUT2D eigenvalue weighted by Crippen LogP contribution is -2.01. The van der Waals surface area contributed by atoms with E-state index in [-0.39, 0.29) is 0 Å². The second-order valence-corrected chi connectivity index (χ2v) is 5.75. The van der Waals surface area contributed by atoms with Crippen molar-refractivity contribution in [2.45, 2.75) is 6.54 Å². The van der Waals surface area contributed by atoms with Crippen LogP contribution >= 0.6 is 11.6 Å². The minimum Gasteiger partial charge on any atom is -0.248 e. The van der Waals surface area contributed by atoms with E-state index in [9.17, 15) is 0 Å². The van der Waals surface area contributed by atoms with Crippen molar-refractivity contribution in [2.75, 3.05) is 0 Å². The Balaban J connectivity index is 1.61. The highest BCUT2D eigenvalue weighted by molar-refractivity contribution is 6.30. The third-order valence-corrected chi connectivity index (χ3v) is 3.91. The Morgan fingerprint density at radius 3 is 2.74 bits per heavy atom. The number of halogens is 1. The molecule has 0 saturated carbocycles. The molecule has 0 amide bonds. The van der Waals surface area contributed by atoms with Gasteiger partial charge in [-0.2, -0.15) is 5.10 Å². The van der Waals surface area contributed by atoms with Crippen LogP contribution in [0, 0.1) is 0 Å². The van der Waals surface area contributed by atoms with Gasteiger partial charge in [0.05, 0.1) is 12.1 Å². The van der Waals surface area contributed by atoms with E-state index in [0.29, 0.717) is 17.4 Å². The minimum atomic E-state index is 0.641. The highest BCUT2D eigenvalue weighted by Crippen LogP contribution is 2.18. The summed E-state index contributed by atoms with van der Waals surface area (Å²) >= 11 is 5.90. The van der Waals surface area contributed by atoms with Crippen LogP contribution < -0.4 is 0 Å². The Hall–Kier alpha value is -2.73. The fourth-order valence-corrected chi connectivity index (χ4v) is 2.59. The molecule has 2 aromatic carbocycles. The number of benzene rings is 2. The standard InChI is InChI=1S/C16H13ClN6/c1-22-15-8-11(2-7-14(15)19-21-22)9-23-10-18-16(20-23)12-3-5-13(17)6-4-12/h2-8,10H,9H2,1H3. The number of hydrogen-bond acceptors (Lipinski definition) is 4. The van der Waals surface area contributed by atoms with E-state index in [1.54, 1.807) is 11.0 Å². The molecule has 2 aromatic heterocycles. The van der Waals surface area contributed by atoms with Crippen molar-refractivity contribution in [1.29, 1.82) is 0 Å². The number of nitrogens with zero attached hydrogens (tertiary/aromatic N) is 6. The lowest BCUT2D eigenvalue weighted by molar-refractivity contribution is 0.686. The molecule has 114 valence electrons. The molecule has 0 saturated heterocycles. The molecular formula is C16H13ClN6. The quantitative estimate of drug-likeness (QED) is 0.581. The lowest BCUT2D eigenvalue weighted by atomic mass is 10.2. The van der Waals surface area contributed by atoms with Gasteiger partial charge in [-0.05, 0) is 42.0 Å². The van der Waals surface area contributed by atoms with Crippen molar-refractivity contribution in [1.82, 2.24) is 29.8 Å². The molecular weight excluding hydrogens is 312 g/mol. The second kappa shape index (κ2) is 5.48. The van der Waals surface area contributed by atoms with Gasteiger partial charge >= 0.3 is 0 Å². The van der Waals surface area contributed by atoms with Gasteiger partial charge in [0.1, 0.15) is 11.8 Å². The van der Waals surface area contributed by atoms with Gasteiger partial charge in [-0.15, -0.1) is 5.10 Å². The highest BCUT2D eigenvalue weighted by Gasteiger charge is 2.07. The molecule has 0 aliphatic carbocycles. The summed E-state index contributed by atoms with van der Waals surface area (Å²) in [6.45, 7) is 0.641. The molecule has 0 aliphatic rings. The Bertz CT molecular complexity index is 970. The van der Waals surface area contributed by atoms with E-state index >= 15 is 0 Å². The molecule has 6 nitrogen and oxygen atoms in total. The normalized spacial score (nSPS) is 11.2. The minimum absolute atomic E-state index is 0.641. The van der Waals surface area contributed by atoms with Gasteiger partial charge in [0.2, 0.25) is 0 Å². The first-order valence-electron chi connectivity index (χ1n) is 7.13. The first-order chi connectivity index (χ1) is 11.2. The zero-order chi connectivity index (χ0) is 15.8. The summed E-state index contributed by atoms with van der Waals surface area (Å²) in [5.41, 5.74) is 3.95. The maximum Gasteiger partial charge on any atom is 0.181 e. The summed E-state index contributed by atoms with van der Waals surface area (Å²) in [6.07, 6.45) is 1.73. The lowest BCUT2D eigenvalue weighted by Gasteiger charge is -2.02. The topological polar surface area (TPSA) is 61.4 Å². The van der Waals surface area contributed by atoms with Crippen molar-refractivity contribution in [3.8, 4) is 11.4 Å². The monoisotopic (exact) mass is 324 g/mol. The molecule has 23 heavy (non-hydrogen) atoms. The van der Waals surface area contributed by atoms with E-state index in [0.717, 1.165) is 22.2 Å². The fourth-order valence-electron chi connectivity index (χ4n) is 2.46. The summed E-state index contributed by atoms with van der Waals surface area (Å²) in [5.74, 6) is 0.685. The van der Waals surface area contributed by atoms with E-state index in [1.165, 1.54) is 0 Å². The molecule has 0 bridgehead atoms. The molecule has 0 N–H and O–H groups in total. The molecule has 0 fully saturated rings. The van der Waals surface area contributed by atoms with E-state index in [4.69, 9.17) is 11.6 Å². The average molecular weight is 325 g/mol. The van der Waals surface area contributed by atoms with Crippen LogP contribution in [-0.2, 0) is 13.6 Å². The molecule has 2 heterocycles. The van der Waals surface area contributed by atoms with Crippen LogP contribution in [0.5, 0.6) is 0 Å². The Labute approximate surface area is 137 Å². The van der Waals surface area contributed by atoms with Crippen LogP contribution in [0.3, 0.4) is 0 Å². The molecule has 0 atom stereocenters. The Morgan fingerprint density at radius 1 is 1.09 bits per heavy atom. The van der Waals surface area contributed by atoms with Gasteiger partial charge in [0.15, 0.2) is 5.82 Å². The summed E-state index contributed by atoms with van der Waals surface area (Å²) in [7, 11) is 1.88. The summed E-state index contributed by atoms with van der Waals surface area (Å²) in [6, 6.07) is 13.6. The average Bonchev–Trinajstić information content (AvgIpc) is 3.16. The molecule has 0 spiro atoms. The van der Waals surface area contributed by atoms with E-state index in [2.05, 4.69) is 26.5 Å². The molecule has 0 unspecified atom stereocenters. The molecule has 4 aromatic rings. The number of hydrogen-bond donors (Lipinski definition) is 0. The molecule has 0 radical (unpaired) electrons. The second-order valence-electron chi connectivity index (χ2n) is 5.31. The van der Waals surface area contributed by atoms with Crippen molar-refractivity contribution in [2.24, 2.45) is 7.05 Å².